The van der Waals surface area contributed by atoms with E-state index in [2.05, 4.69) is 15.6 Å². The fourth-order valence-electron chi connectivity index (χ4n) is 4.77. The van der Waals surface area contributed by atoms with Gasteiger partial charge in [-0.3, -0.25) is 14.5 Å². The quantitative estimate of drug-likeness (QED) is 0.458. The molecule has 34 heavy (non-hydrogen) atoms. The molecule has 1 atom stereocenters. The van der Waals surface area contributed by atoms with Crippen LogP contribution in [0.4, 0.5) is 10.5 Å². The minimum absolute atomic E-state index is 0.360. The first-order valence-electron chi connectivity index (χ1n) is 11.0. The third-order valence-electron chi connectivity index (χ3n) is 6.43. The number of benzene rings is 3. The highest BCUT2D eigenvalue weighted by molar-refractivity contribution is 6.11. The Balaban J connectivity index is 1.15. The number of nitrogens with zero attached hydrogens (tertiary/aromatic N) is 2. The van der Waals surface area contributed by atoms with E-state index in [0.717, 1.165) is 27.1 Å². The molecular weight excluding hydrogens is 432 g/mol. The number of anilines is 1. The number of aryl methyl sites for hydroxylation is 1. The molecular formula is C26H20N4O4. The summed E-state index contributed by atoms with van der Waals surface area (Å²) >= 11 is 0. The van der Waals surface area contributed by atoms with Crippen molar-refractivity contribution >= 4 is 34.6 Å². The van der Waals surface area contributed by atoms with E-state index in [1.54, 1.807) is 24.3 Å². The summed E-state index contributed by atoms with van der Waals surface area (Å²) in [6.07, 6.45) is 1.20. The maximum absolute atomic E-state index is 13.2. The van der Waals surface area contributed by atoms with E-state index in [0.29, 0.717) is 30.0 Å². The number of fused-ring (bicyclic) bond motifs is 3. The lowest BCUT2D eigenvalue weighted by Crippen LogP contribution is -2.42. The smallest absolute Gasteiger partial charge is 0.325 e. The van der Waals surface area contributed by atoms with Gasteiger partial charge in [0, 0.05) is 11.3 Å². The van der Waals surface area contributed by atoms with E-state index in [9.17, 15) is 14.4 Å². The number of para-hydroxylation sites is 2. The largest absolute Gasteiger partial charge is 0.436 e. The normalized spacial score (nSPS) is 19.0. The lowest BCUT2D eigenvalue weighted by Gasteiger charge is -2.22. The molecule has 1 aliphatic heterocycles. The van der Waals surface area contributed by atoms with Crippen LogP contribution in [0.3, 0.4) is 0 Å². The zero-order chi connectivity index (χ0) is 23.3. The summed E-state index contributed by atoms with van der Waals surface area (Å²) in [5, 5.41) is 5.58. The standard InChI is InChI=1S/C26H20N4O4/c31-22(15-30-24(32)26(29-25(30)33)14-13-16-5-1-2-6-19(16)26)27-18-11-9-17(10-12-18)23-28-20-7-3-4-8-21(20)34-23/h1-12H,13-15H2,(H,27,31)(H,29,33). The Bertz CT molecular complexity index is 1430. The molecule has 2 N–H and O–H groups in total. The number of carbonyl (C=O) groups excluding carboxylic acids is 3. The van der Waals surface area contributed by atoms with Crippen LogP contribution in [-0.2, 0) is 21.5 Å². The van der Waals surface area contributed by atoms with Gasteiger partial charge in [-0.1, -0.05) is 36.4 Å². The van der Waals surface area contributed by atoms with Crippen LogP contribution in [0.25, 0.3) is 22.6 Å². The van der Waals surface area contributed by atoms with E-state index in [4.69, 9.17) is 4.42 Å². The first-order chi connectivity index (χ1) is 16.5. The van der Waals surface area contributed by atoms with Crippen molar-refractivity contribution in [3.05, 3.63) is 83.9 Å². The van der Waals surface area contributed by atoms with Crippen LogP contribution in [0, 0.1) is 0 Å². The van der Waals surface area contributed by atoms with Gasteiger partial charge in [-0.05, 0) is 60.4 Å². The predicted octanol–water partition coefficient (Wildman–Crippen LogP) is 3.83. The van der Waals surface area contributed by atoms with E-state index < -0.39 is 17.5 Å². The number of imide groups is 1. The number of urea groups is 1. The summed E-state index contributed by atoms with van der Waals surface area (Å²) in [7, 11) is 0. The van der Waals surface area contributed by atoms with Crippen LogP contribution in [-0.4, -0.2) is 34.3 Å². The number of rotatable bonds is 4. The fraction of sp³-hybridized carbons (Fsp3) is 0.154. The molecule has 1 spiro atoms. The second-order valence-corrected chi connectivity index (χ2v) is 8.50. The third kappa shape index (κ3) is 3.14. The number of nitrogens with one attached hydrogen (secondary N) is 2. The molecule has 1 aromatic heterocycles. The Labute approximate surface area is 194 Å². The number of hydrogen-bond acceptors (Lipinski definition) is 5. The van der Waals surface area contributed by atoms with Crippen LogP contribution in [0.15, 0.2) is 77.2 Å². The molecule has 2 heterocycles. The van der Waals surface area contributed by atoms with Crippen LogP contribution in [0.2, 0.25) is 0 Å². The maximum atomic E-state index is 13.2. The topological polar surface area (TPSA) is 105 Å². The van der Waals surface area contributed by atoms with E-state index in [1.165, 1.54) is 0 Å². The minimum atomic E-state index is -1.07. The lowest BCUT2D eigenvalue weighted by atomic mass is 9.92. The highest BCUT2D eigenvalue weighted by atomic mass is 16.3. The number of carbonyl (C=O) groups is 3. The molecule has 2 aliphatic rings. The monoisotopic (exact) mass is 452 g/mol. The van der Waals surface area contributed by atoms with Gasteiger partial charge < -0.3 is 15.1 Å². The zero-order valence-electron chi connectivity index (χ0n) is 18.1. The summed E-state index contributed by atoms with van der Waals surface area (Å²) in [6, 6.07) is 21.6. The highest BCUT2D eigenvalue weighted by Crippen LogP contribution is 2.41. The molecule has 4 aromatic rings. The Morgan fingerprint density at radius 1 is 1.03 bits per heavy atom. The summed E-state index contributed by atoms with van der Waals surface area (Å²) < 4.78 is 5.77. The Kier molecular flexibility index (Phi) is 4.48. The van der Waals surface area contributed by atoms with Crippen molar-refractivity contribution in [2.45, 2.75) is 18.4 Å². The first-order valence-corrected chi connectivity index (χ1v) is 11.0. The van der Waals surface area contributed by atoms with Gasteiger partial charge >= 0.3 is 6.03 Å². The van der Waals surface area contributed by atoms with Gasteiger partial charge in [0.15, 0.2) is 5.58 Å². The van der Waals surface area contributed by atoms with Crippen molar-refractivity contribution in [3.63, 3.8) is 0 Å². The molecule has 4 amide bonds. The molecule has 1 fully saturated rings. The zero-order valence-corrected chi connectivity index (χ0v) is 18.1. The van der Waals surface area contributed by atoms with Crippen molar-refractivity contribution in [1.82, 2.24) is 15.2 Å². The number of aromatic nitrogens is 1. The van der Waals surface area contributed by atoms with E-state index in [-0.39, 0.29) is 12.5 Å². The Morgan fingerprint density at radius 3 is 2.62 bits per heavy atom. The van der Waals surface area contributed by atoms with Gasteiger partial charge in [-0.2, -0.15) is 0 Å². The van der Waals surface area contributed by atoms with Crippen LogP contribution < -0.4 is 10.6 Å². The van der Waals surface area contributed by atoms with Gasteiger partial charge in [-0.15, -0.1) is 0 Å². The molecule has 6 rings (SSSR count). The summed E-state index contributed by atoms with van der Waals surface area (Å²) in [6.45, 7) is -0.360. The van der Waals surface area contributed by atoms with Crippen molar-refractivity contribution in [1.29, 1.82) is 0 Å². The number of oxazole rings is 1. The summed E-state index contributed by atoms with van der Waals surface area (Å²) in [5.74, 6) is -0.356. The molecule has 1 aliphatic carbocycles. The fourth-order valence-corrected chi connectivity index (χ4v) is 4.77. The molecule has 3 aromatic carbocycles. The summed E-state index contributed by atoms with van der Waals surface area (Å²) in [5.41, 5.74) is 3.56. The molecule has 168 valence electrons. The van der Waals surface area contributed by atoms with Gasteiger partial charge in [0.1, 0.15) is 17.6 Å². The van der Waals surface area contributed by atoms with Crippen LogP contribution in [0.1, 0.15) is 17.5 Å². The number of amides is 4. The summed E-state index contributed by atoms with van der Waals surface area (Å²) in [4.78, 5) is 43.9. The molecule has 1 unspecified atom stereocenters. The first kappa shape index (κ1) is 20.2. The van der Waals surface area contributed by atoms with Gasteiger partial charge in [0.25, 0.3) is 5.91 Å². The molecule has 0 radical (unpaired) electrons. The maximum Gasteiger partial charge on any atom is 0.325 e. The Hall–Kier alpha value is -4.46. The molecule has 8 heteroatoms. The van der Waals surface area contributed by atoms with E-state index in [1.807, 2.05) is 48.5 Å². The second kappa shape index (κ2) is 7.55. The average molecular weight is 452 g/mol. The SMILES string of the molecule is O=C(CN1C(=O)NC2(CCc3ccccc32)C1=O)Nc1ccc(-c2nc3ccccc3o2)cc1. The van der Waals surface area contributed by atoms with Gasteiger partial charge in [0.2, 0.25) is 11.8 Å². The van der Waals surface area contributed by atoms with Crippen molar-refractivity contribution in [2.75, 3.05) is 11.9 Å². The second-order valence-electron chi connectivity index (χ2n) is 8.50. The average Bonchev–Trinajstić information content (AvgIpc) is 3.51. The van der Waals surface area contributed by atoms with Crippen molar-refractivity contribution in [2.24, 2.45) is 0 Å². The van der Waals surface area contributed by atoms with Gasteiger partial charge in [0.05, 0.1) is 0 Å². The van der Waals surface area contributed by atoms with Gasteiger partial charge in [-0.25, -0.2) is 9.78 Å². The molecule has 0 saturated carbocycles. The molecule has 1 saturated heterocycles. The Morgan fingerprint density at radius 2 is 1.79 bits per heavy atom. The molecule has 8 nitrogen and oxygen atoms in total. The predicted molar refractivity (Wildman–Crippen MR) is 125 cm³/mol. The highest BCUT2D eigenvalue weighted by Gasteiger charge is 2.55. The van der Waals surface area contributed by atoms with Crippen molar-refractivity contribution in [3.8, 4) is 11.5 Å². The minimum Gasteiger partial charge on any atom is -0.436 e. The van der Waals surface area contributed by atoms with E-state index >= 15 is 0 Å². The molecule has 0 bridgehead atoms. The van der Waals surface area contributed by atoms with Crippen LogP contribution >= 0.6 is 0 Å². The van der Waals surface area contributed by atoms with Crippen LogP contribution in [0.5, 0.6) is 0 Å². The number of hydrogen-bond donors (Lipinski definition) is 2. The van der Waals surface area contributed by atoms with Crippen molar-refractivity contribution < 1.29 is 18.8 Å². The lowest BCUT2D eigenvalue weighted by molar-refractivity contribution is -0.134. The third-order valence-corrected chi connectivity index (χ3v) is 6.43.